The summed E-state index contributed by atoms with van der Waals surface area (Å²) < 4.78 is 0.800. The fourth-order valence-electron chi connectivity index (χ4n) is 5.15. The Hall–Kier alpha value is -3.70. The first-order valence-electron chi connectivity index (χ1n) is 11.5. The van der Waals surface area contributed by atoms with Crippen LogP contribution in [0.15, 0.2) is 61.4 Å². The fraction of sp³-hybridized carbons (Fsp3) is 0.542. The van der Waals surface area contributed by atoms with Gasteiger partial charge in [0.2, 0.25) is 30.2 Å². The lowest BCUT2D eigenvalue weighted by atomic mass is 9.83. The van der Waals surface area contributed by atoms with Gasteiger partial charge < -0.3 is 0 Å². The van der Waals surface area contributed by atoms with Crippen molar-refractivity contribution >= 4 is 29.9 Å². The molecular weight excluding hydrogens is 436 g/mol. The summed E-state index contributed by atoms with van der Waals surface area (Å²) in [4.78, 5) is 68.2. The zero-order valence-electron chi connectivity index (χ0n) is 18.6. The Morgan fingerprint density at radius 2 is 1.21 bits per heavy atom. The second-order valence-electron chi connectivity index (χ2n) is 8.77. The number of hydrogen-bond donors (Lipinski definition) is 0. The molecule has 0 radical (unpaired) electrons. The molecule has 174 valence electrons. The number of aliphatic imine (C=N–C) groups is 5. The van der Waals surface area contributed by atoms with E-state index in [9.17, 15) is 19.3 Å². The smallest absolute Gasteiger partial charge is 0.211 e. The first-order valence-corrected chi connectivity index (χ1v) is 11.5. The van der Waals surface area contributed by atoms with E-state index in [2.05, 4.69) is 15.0 Å². The lowest BCUT2D eigenvalue weighted by Gasteiger charge is -2.31. The standard InChI is InChI=1S/C24H25N6O4/c31-13-25-19-10-4-1-7-16(19)22-28-23(17-8-2-5-11-20(17)26-14-32)30(34)24(29-22)18-9-3-6-12-21(18)27-15-33/h1-6,16-21,23H,7-12H2/q+1. The van der Waals surface area contributed by atoms with E-state index in [0.717, 1.165) is 4.76 Å². The molecule has 10 nitrogen and oxygen atoms in total. The Balaban J connectivity index is 1.79. The van der Waals surface area contributed by atoms with Crippen molar-refractivity contribution in [2.45, 2.75) is 62.8 Å². The number of rotatable bonds is 6. The van der Waals surface area contributed by atoms with Crippen LogP contribution in [0.1, 0.15) is 38.5 Å². The van der Waals surface area contributed by atoms with Crippen LogP contribution in [0.4, 0.5) is 0 Å². The van der Waals surface area contributed by atoms with E-state index in [1.165, 1.54) is 0 Å². The Labute approximate surface area is 196 Å². The third-order valence-corrected chi connectivity index (χ3v) is 6.91. The molecule has 0 spiro atoms. The molecule has 10 heteroatoms. The van der Waals surface area contributed by atoms with Crippen molar-refractivity contribution in [3.05, 3.63) is 41.4 Å². The summed E-state index contributed by atoms with van der Waals surface area (Å²) in [5.74, 6) is -0.390. The first kappa shape index (κ1) is 23.5. The van der Waals surface area contributed by atoms with Crippen molar-refractivity contribution in [3.8, 4) is 0 Å². The molecule has 1 aliphatic heterocycles. The molecule has 4 rings (SSSR count). The van der Waals surface area contributed by atoms with Gasteiger partial charge in [-0.25, -0.2) is 29.4 Å². The van der Waals surface area contributed by atoms with E-state index in [-0.39, 0.29) is 23.7 Å². The number of hydrogen-bond acceptors (Lipinski definition) is 9. The molecule has 0 amide bonds. The maximum Gasteiger partial charge on any atom is 0.346 e. The van der Waals surface area contributed by atoms with Gasteiger partial charge in [0.25, 0.3) is 0 Å². The van der Waals surface area contributed by atoms with Crippen LogP contribution in [0.25, 0.3) is 0 Å². The number of isocyanates is 3. The second kappa shape index (κ2) is 10.9. The topological polar surface area (TPSA) is 133 Å². The summed E-state index contributed by atoms with van der Waals surface area (Å²) in [6, 6.07) is -1.27. The Bertz CT molecular complexity index is 1120. The average Bonchev–Trinajstić information content (AvgIpc) is 2.86. The Morgan fingerprint density at radius 3 is 1.85 bits per heavy atom. The predicted molar refractivity (Wildman–Crippen MR) is 124 cm³/mol. The lowest BCUT2D eigenvalue weighted by molar-refractivity contribution is -0.492. The van der Waals surface area contributed by atoms with Crippen molar-refractivity contribution in [3.63, 3.8) is 0 Å². The molecule has 3 aliphatic carbocycles. The molecule has 0 aromatic rings. The molecule has 7 unspecified atom stereocenters. The normalized spacial score (nSPS) is 34.7. The van der Waals surface area contributed by atoms with E-state index in [1.54, 1.807) is 18.2 Å². The van der Waals surface area contributed by atoms with Crippen molar-refractivity contribution in [1.29, 1.82) is 0 Å². The van der Waals surface area contributed by atoms with Crippen LogP contribution in [0, 0.1) is 22.7 Å². The molecule has 0 saturated carbocycles. The average molecular weight is 462 g/mol. The third-order valence-electron chi connectivity index (χ3n) is 6.91. The Morgan fingerprint density at radius 1 is 0.706 bits per heavy atom. The van der Waals surface area contributed by atoms with Crippen LogP contribution in [0.5, 0.6) is 0 Å². The monoisotopic (exact) mass is 461 g/mol. The highest BCUT2D eigenvalue weighted by molar-refractivity contribution is 5.98. The summed E-state index contributed by atoms with van der Waals surface area (Å²) in [6.07, 6.45) is 18.9. The molecule has 0 N–H and O–H groups in total. The van der Waals surface area contributed by atoms with Gasteiger partial charge in [-0.2, -0.15) is 4.99 Å². The van der Waals surface area contributed by atoms with E-state index in [1.807, 2.05) is 36.5 Å². The molecule has 1 heterocycles. The van der Waals surface area contributed by atoms with Crippen LogP contribution in [0.2, 0.25) is 0 Å². The first-order chi connectivity index (χ1) is 16.7. The zero-order valence-corrected chi connectivity index (χ0v) is 18.6. The van der Waals surface area contributed by atoms with Gasteiger partial charge in [0.05, 0.1) is 35.9 Å². The number of nitrogens with zero attached hydrogens (tertiary/aromatic N) is 6. The summed E-state index contributed by atoms with van der Waals surface area (Å²) >= 11 is 0. The largest absolute Gasteiger partial charge is 0.346 e. The minimum absolute atomic E-state index is 0.245. The predicted octanol–water partition coefficient (Wildman–Crippen LogP) is 2.91. The maximum atomic E-state index is 13.7. The van der Waals surface area contributed by atoms with Crippen LogP contribution < -0.4 is 0 Å². The van der Waals surface area contributed by atoms with Gasteiger partial charge in [-0.1, -0.05) is 41.4 Å². The van der Waals surface area contributed by atoms with Gasteiger partial charge in [0, 0.05) is 4.76 Å². The molecule has 34 heavy (non-hydrogen) atoms. The quantitative estimate of drug-likeness (QED) is 0.260. The van der Waals surface area contributed by atoms with Gasteiger partial charge in [-0.3, -0.25) is 0 Å². The van der Waals surface area contributed by atoms with Gasteiger partial charge in [-0.15, -0.1) is 0 Å². The van der Waals surface area contributed by atoms with Crippen molar-refractivity contribution in [2.75, 3.05) is 0 Å². The van der Waals surface area contributed by atoms with Gasteiger partial charge in [0.15, 0.2) is 0 Å². The van der Waals surface area contributed by atoms with Crippen molar-refractivity contribution in [1.82, 2.24) is 0 Å². The minimum Gasteiger partial charge on any atom is -0.211 e. The van der Waals surface area contributed by atoms with Crippen LogP contribution in [-0.2, 0) is 14.4 Å². The minimum atomic E-state index is -0.868. The van der Waals surface area contributed by atoms with Gasteiger partial charge >= 0.3 is 5.84 Å². The molecule has 0 fully saturated rings. The van der Waals surface area contributed by atoms with Crippen molar-refractivity contribution in [2.24, 2.45) is 42.7 Å². The van der Waals surface area contributed by atoms with E-state index >= 15 is 0 Å². The molecule has 0 aromatic carbocycles. The van der Waals surface area contributed by atoms with Crippen molar-refractivity contribution < 1.29 is 19.1 Å². The molecule has 0 bridgehead atoms. The summed E-state index contributed by atoms with van der Waals surface area (Å²) in [6.45, 7) is 0. The fourth-order valence-corrected chi connectivity index (χ4v) is 5.15. The lowest BCUT2D eigenvalue weighted by Crippen LogP contribution is -2.48. The van der Waals surface area contributed by atoms with E-state index in [0.29, 0.717) is 44.4 Å². The molecule has 7 atom stereocenters. The SMILES string of the molecule is O=C=NC1CC=CCC1C1=NC(C2CC=CCC2N=C=O)[N+](=O)C(C2CC=CCC2N=C=O)=N1. The van der Waals surface area contributed by atoms with E-state index < -0.39 is 24.2 Å². The number of carbonyl (C=O) groups excluding carboxylic acids is 3. The highest BCUT2D eigenvalue weighted by atomic mass is 16.3. The number of amidine groups is 2. The Kier molecular flexibility index (Phi) is 7.55. The van der Waals surface area contributed by atoms with Gasteiger partial charge in [0.1, 0.15) is 0 Å². The molecule has 0 saturated heterocycles. The number of nitroso groups, excluding NO2 is 1. The van der Waals surface area contributed by atoms with Crippen LogP contribution in [-0.4, -0.2) is 59.0 Å². The molecule has 4 aliphatic rings. The van der Waals surface area contributed by atoms with E-state index in [4.69, 9.17) is 9.98 Å². The molecular formula is C24H25N6O4+. The zero-order chi connectivity index (χ0) is 23.9. The summed E-state index contributed by atoms with van der Waals surface area (Å²) in [5, 5.41) is 0. The van der Waals surface area contributed by atoms with Crippen LogP contribution in [0.3, 0.4) is 0 Å². The highest BCUT2D eigenvalue weighted by Crippen LogP contribution is 2.34. The maximum absolute atomic E-state index is 13.7. The second-order valence-corrected chi connectivity index (χ2v) is 8.77. The summed E-state index contributed by atoms with van der Waals surface area (Å²) in [7, 11) is 0. The van der Waals surface area contributed by atoms with Gasteiger partial charge in [-0.05, 0) is 43.5 Å². The number of allylic oxidation sites excluding steroid dienone is 3. The van der Waals surface area contributed by atoms with Crippen LogP contribution >= 0.6 is 0 Å². The highest BCUT2D eigenvalue weighted by Gasteiger charge is 2.49. The third kappa shape index (κ3) is 4.80. The summed E-state index contributed by atoms with van der Waals surface area (Å²) in [5.41, 5.74) is 0. The molecule has 0 aromatic heterocycles.